The maximum Gasteiger partial charge on any atom is 0.219 e. The van der Waals surface area contributed by atoms with Crippen LogP contribution in [0.5, 0.6) is 0 Å². The minimum Gasteiger partial charge on any atom is -0.356 e. The van der Waals surface area contributed by atoms with E-state index in [2.05, 4.69) is 15.5 Å². The van der Waals surface area contributed by atoms with E-state index in [1.807, 2.05) is 35.7 Å². The van der Waals surface area contributed by atoms with Crippen molar-refractivity contribution in [3.63, 3.8) is 0 Å². The first-order valence-corrected chi connectivity index (χ1v) is 5.86. The van der Waals surface area contributed by atoms with Crippen LogP contribution >= 0.6 is 0 Å². The molecule has 90 valence electrons. The fourth-order valence-electron chi connectivity index (χ4n) is 1.66. The Morgan fingerprint density at radius 1 is 1.41 bits per heavy atom. The fraction of sp³-hybridized carbons (Fsp3) is 0.417. The molecule has 0 aliphatic rings. The Hall–Kier alpha value is -1.91. The number of amides is 1. The molecule has 2 aromatic rings. The molecule has 0 saturated heterocycles. The maximum absolute atomic E-state index is 11.0. The number of rotatable bonds is 5. The number of carbonyl (C=O) groups excluding carboxylic acids is 1. The van der Waals surface area contributed by atoms with E-state index in [-0.39, 0.29) is 5.91 Å². The van der Waals surface area contributed by atoms with Crippen molar-refractivity contribution in [2.24, 2.45) is 0 Å². The Balaban J connectivity index is 1.89. The molecule has 0 spiro atoms. The van der Waals surface area contributed by atoms with Gasteiger partial charge in [0.15, 0.2) is 5.65 Å². The summed E-state index contributed by atoms with van der Waals surface area (Å²) in [6.45, 7) is 2.54. The molecule has 5 heteroatoms. The second kappa shape index (κ2) is 5.43. The van der Waals surface area contributed by atoms with Gasteiger partial charge in [-0.15, -0.1) is 10.2 Å². The van der Waals surface area contributed by atoms with Crippen LogP contribution in [0, 0.1) is 0 Å². The molecule has 0 bridgehead atoms. The van der Waals surface area contributed by atoms with Crippen molar-refractivity contribution in [1.82, 2.24) is 19.9 Å². The number of fused-ring (bicyclic) bond motifs is 1. The van der Waals surface area contributed by atoms with E-state index in [0.717, 1.165) is 24.3 Å². The van der Waals surface area contributed by atoms with Crippen molar-refractivity contribution in [2.75, 3.05) is 6.54 Å². The summed E-state index contributed by atoms with van der Waals surface area (Å²) in [5.41, 5.74) is 0.861. The van der Waals surface area contributed by atoms with Crippen LogP contribution in [-0.4, -0.2) is 27.0 Å². The molecule has 0 atom stereocenters. The topological polar surface area (TPSA) is 59.3 Å². The van der Waals surface area contributed by atoms with E-state index < -0.39 is 0 Å². The van der Waals surface area contributed by atoms with Crippen molar-refractivity contribution in [3.8, 4) is 0 Å². The zero-order chi connectivity index (χ0) is 12.1. The van der Waals surface area contributed by atoms with Crippen molar-refractivity contribution in [2.45, 2.75) is 26.2 Å². The zero-order valence-corrected chi connectivity index (χ0v) is 9.89. The molecule has 2 heterocycles. The van der Waals surface area contributed by atoms with E-state index in [4.69, 9.17) is 0 Å². The van der Waals surface area contributed by atoms with E-state index in [9.17, 15) is 4.79 Å². The summed E-state index contributed by atoms with van der Waals surface area (Å²) in [5.74, 6) is 1.03. The molecule has 0 aliphatic carbocycles. The molecule has 0 radical (unpaired) electrons. The second-order valence-electron chi connectivity index (χ2n) is 3.85. The largest absolute Gasteiger partial charge is 0.356 e. The number of nitrogens with zero attached hydrogens (tertiary/aromatic N) is 3. The Morgan fingerprint density at radius 2 is 2.29 bits per heavy atom. The summed E-state index contributed by atoms with van der Waals surface area (Å²) in [6, 6.07) is 5.82. The van der Waals surface area contributed by atoms with Gasteiger partial charge >= 0.3 is 0 Å². The number of pyridine rings is 1. The SMILES string of the molecule is CCC(=O)NCCCc1nnc2ccccn12. The lowest BCUT2D eigenvalue weighted by Gasteiger charge is -2.02. The highest BCUT2D eigenvalue weighted by molar-refractivity contribution is 5.75. The van der Waals surface area contributed by atoms with Crippen molar-refractivity contribution < 1.29 is 4.79 Å². The molecule has 5 nitrogen and oxygen atoms in total. The van der Waals surface area contributed by atoms with Gasteiger partial charge < -0.3 is 5.32 Å². The van der Waals surface area contributed by atoms with Crippen LogP contribution in [0.4, 0.5) is 0 Å². The summed E-state index contributed by atoms with van der Waals surface area (Å²) in [7, 11) is 0. The lowest BCUT2D eigenvalue weighted by Crippen LogP contribution is -2.23. The number of hydrogen-bond donors (Lipinski definition) is 1. The zero-order valence-electron chi connectivity index (χ0n) is 9.89. The molecule has 0 unspecified atom stereocenters. The number of aromatic nitrogens is 3. The van der Waals surface area contributed by atoms with Crippen LogP contribution < -0.4 is 5.32 Å². The Labute approximate surface area is 99.9 Å². The first kappa shape index (κ1) is 11.6. The van der Waals surface area contributed by atoms with Gasteiger partial charge in [0.05, 0.1) is 0 Å². The maximum atomic E-state index is 11.0. The van der Waals surface area contributed by atoms with Crippen molar-refractivity contribution in [1.29, 1.82) is 0 Å². The second-order valence-corrected chi connectivity index (χ2v) is 3.85. The first-order chi connectivity index (χ1) is 8.31. The summed E-state index contributed by atoms with van der Waals surface area (Å²) < 4.78 is 1.97. The van der Waals surface area contributed by atoms with Gasteiger partial charge in [0.1, 0.15) is 5.82 Å². The molecule has 2 aromatic heterocycles. The van der Waals surface area contributed by atoms with Gasteiger partial charge in [-0.1, -0.05) is 13.0 Å². The first-order valence-electron chi connectivity index (χ1n) is 5.86. The third-order valence-corrected chi connectivity index (χ3v) is 2.60. The monoisotopic (exact) mass is 232 g/mol. The van der Waals surface area contributed by atoms with Crippen LogP contribution in [0.1, 0.15) is 25.6 Å². The van der Waals surface area contributed by atoms with Gasteiger partial charge in [0.2, 0.25) is 5.91 Å². The average Bonchev–Trinajstić information content (AvgIpc) is 2.78. The normalized spacial score (nSPS) is 10.6. The highest BCUT2D eigenvalue weighted by Crippen LogP contribution is 2.04. The van der Waals surface area contributed by atoms with E-state index in [1.165, 1.54) is 0 Å². The Kier molecular flexibility index (Phi) is 3.69. The highest BCUT2D eigenvalue weighted by Gasteiger charge is 2.04. The molecule has 2 rings (SSSR count). The third kappa shape index (κ3) is 2.81. The summed E-state index contributed by atoms with van der Waals surface area (Å²) in [5, 5.41) is 11.1. The quantitative estimate of drug-likeness (QED) is 0.788. The van der Waals surface area contributed by atoms with Crippen LogP contribution in [0.3, 0.4) is 0 Å². The highest BCUT2D eigenvalue weighted by atomic mass is 16.1. The van der Waals surface area contributed by atoms with Crippen LogP contribution in [-0.2, 0) is 11.2 Å². The van der Waals surface area contributed by atoms with Crippen LogP contribution in [0.15, 0.2) is 24.4 Å². The Morgan fingerprint density at radius 3 is 3.12 bits per heavy atom. The van der Waals surface area contributed by atoms with Gasteiger partial charge in [-0.05, 0) is 18.6 Å². The van der Waals surface area contributed by atoms with Gasteiger partial charge in [0.25, 0.3) is 0 Å². The minimum atomic E-state index is 0.0936. The van der Waals surface area contributed by atoms with E-state index in [1.54, 1.807) is 0 Å². The number of carbonyl (C=O) groups is 1. The van der Waals surface area contributed by atoms with Gasteiger partial charge in [-0.25, -0.2) is 0 Å². The summed E-state index contributed by atoms with van der Waals surface area (Å²) in [4.78, 5) is 11.0. The lowest BCUT2D eigenvalue weighted by atomic mass is 10.3. The molecule has 0 saturated carbocycles. The molecule has 0 aromatic carbocycles. The number of aryl methyl sites for hydroxylation is 1. The Bertz CT molecular complexity index is 506. The van der Waals surface area contributed by atoms with E-state index >= 15 is 0 Å². The molecule has 1 N–H and O–H groups in total. The summed E-state index contributed by atoms with van der Waals surface area (Å²) >= 11 is 0. The standard InChI is InChI=1S/C12H16N4O/c1-2-12(17)13-8-5-7-11-15-14-10-6-3-4-9-16(10)11/h3-4,6,9H,2,5,7-8H2,1H3,(H,13,17). The molecule has 17 heavy (non-hydrogen) atoms. The average molecular weight is 232 g/mol. The van der Waals surface area contributed by atoms with Crippen molar-refractivity contribution >= 4 is 11.6 Å². The molecule has 1 amide bonds. The lowest BCUT2D eigenvalue weighted by molar-refractivity contribution is -0.120. The molecular weight excluding hydrogens is 216 g/mol. The number of hydrogen-bond acceptors (Lipinski definition) is 3. The molecule has 0 aliphatic heterocycles. The van der Waals surface area contributed by atoms with Crippen LogP contribution in [0.25, 0.3) is 5.65 Å². The van der Waals surface area contributed by atoms with Crippen molar-refractivity contribution in [3.05, 3.63) is 30.2 Å². The molecular formula is C12H16N4O. The summed E-state index contributed by atoms with van der Waals surface area (Å²) in [6.07, 6.45) is 4.18. The smallest absolute Gasteiger partial charge is 0.219 e. The van der Waals surface area contributed by atoms with E-state index in [0.29, 0.717) is 13.0 Å². The third-order valence-electron chi connectivity index (χ3n) is 2.60. The van der Waals surface area contributed by atoms with Gasteiger partial charge in [-0.2, -0.15) is 0 Å². The predicted molar refractivity (Wildman–Crippen MR) is 64.6 cm³/mol. The minimum absolute atomic E-state index is 0.0936. The predicted octanol–water partition coefficient (Wildman–Crippen LogP) is 1.19. The fourth-order valence-corrected chi connectivity index (χ4v) is 1.66. The number of nitrogens with one attached hydrogen (secondary N) is 1. The van der Waals surface area contributed by atoms with Gasteiger partial charge in [-0.3, -0.25) is 9.20 Å². The van der Waals surface area contributed by atoms with Crippen LogP contribution in [0.2, 0.25) is 0 Å². The van der Waals surface area contributed by atoms with Gasteiger partial charge in [0, 0.05) is 25.6 Å². The molecule has 0 fully saturated rings.